The van der Waals surface area contributed by atoms with E-state index in [0.29, 0.717) is 0 Å². The maximum absolute atomic E-state index is 12.1. The smallest absolute Gasteiger partial charge is 0.258 e. The van der Waals surface area contributed by atoms with Gasteiger partial charge in [-0.1, -0.05) is 27.7 Å². The molecule has 0 saturated heterocycles. The molecule has 1 aliphatic rings. The van der Waals surface area contributed by atoms with Crippen LogP contribution in [0.25, 0.3) is 0 Å². The Bertz CT molecular complexity index is 157. The van der Waals surface area contributed by atoms with Gasteiger partial charge in [-0.05, 0) is 18.8 Å². The van der Waals surface area contributed by atoms with Gasteiger partial charge in [0.25, 0.3) is 6.43 Å². The maximum Gasteiger partial charge on any atom is 0.258 e. The molecule has 1 atom stereocenters. The fraction of sp³-hybridized carbons (Fsp3) is 0.909. The third kappa shape index (κ3) is 8.33. The van der Waals surface area contributed by atoms with Crippen LogP contribution < -0.4 is 5.32 Å². The SMILES string of the molecule is CC.CC.CC(=O)NC(C(F)F)C1CC1. The van der Waals surface area contributed by atoms with Gasteiger partial charge < -0.3 is 5.32 Å². The third-order valence-electron chi connectivity index (χ3n) is 1.77. The fourth-order valence-corrected chi connectivity index (χ4v) is 1.08. The molecule has 0 aliphatic heterocycles. The molecular weight excluding hydrogens is 200 g/mol. The van der Waals surface area contributed by atoms with E-state index >= 15 is 0 Å². The molecular formula is C11H23F2NO. The first-order valence-electron chi connectivity index (χ1n) is 5.66. The zero-order valence-electron chi connectivity index (χ0n) is 10.3. The molecule has 1 amide bonds. The second-order valence-electron chi connectivity index (χ2n) is 2.90. The van der Waals surface area contributed by atoms with E-state index in [2.05, 4.69) is 5.32 Å². The number of halogens is 2. The highest BCUT2D eigenvalue weighted by molar-refractivity contribution is 5.73. The van der Waals surface area contributed by atoms with Crippen molar-refractivity contribution in [3.63, 3.8) is 0 Å². The first-order chi connectivity index (χ1) is 7.11. The molecule has 0 radical (unpaired) electrons. The van der Waals surface area contributed by atoms with Crippen LogP contribution in [0.4, 0.5) is 8.78 Å². The summed E-state index contributed by atoms with van der Waals surface area (Å²) in [6.45, 7) is 9.26. The average molecular weight is 223 g/mol. The Morgan fingerprint density at radius 1 is 1.20 bits per heavy atom. The normalized spacial score (nSPS) is 15.5. The standard InChI is InChI=1S/C7H11F2NO.2C2H6/c1-4(11)10-6(7(8)9)5-2-3-5;2*1-2/h5-7H,2-3H2,1H3,(H,10,11);2*1-2H3. The molecule has 4 heteroatoms. The van der Waals surface area contributed by atoms with Crippen LogP contribution in [0, 0.1) is 5.92 Å². The molecule has 0 aromatic heterocycles. The first-order valence-corrected chi connectivity index (χ1v) is 5.66. The molecule has 15 heavy (non-hydrogen) atoms. The maximum atomic E-state index is 12.1. The number of nitrogens with one attached hydrogen (secondary N) is 1. The van der Waals surface area contributed by atoms with Gasteiger partial charge in [0.2, 0.25) is 5.91 Å². The van der Waals surface area contributed by atoms with E-state index < -0.39 is 12.5 Å². The van der Waals surface area contributed by atoms with Gasteiger partial charge in [-0.15, -0.1) is 0 Å². The van der Waals surface area contributed by atoms with E-state index in [1.54, 1.807) is 0 Å². The van der Waals surface area contributed by atoms with E-state index in [4.69, 9.17) is 0 Å². The summed E-state index contributed by atoms with van der Waals surface area (Å²) < 4.78 is 24.3. The number of carbonyl (C=O) groups is 1. The topological polar surface area (TPSA) is 29.1 Å². The average Bonchev–Trinajstić information content (AvgIpc) is 3.03. The predicted molar refractivity (Wildman–Crippen MR) is 59.0 cm³/mol. The number of alkyl halides is 2. The van der Waals surface area contributed by atoms with Crippen LogP contribution in [-0.4, -0.2) is 18.4 Å². The van der Waals surface area contributed by atoms with E-state index in [-0.39, 0.29) is 11.8 Å². The first kappa shape index (κ1) is 16.7. The number of hydrogen-bond acceptors (Lipinski definition) is 1. The molecule has 1 fully saturated rings. The minimum atomic E-state index is -2.42. The van der Waals surface area contributed by atoms with Crippen molar-refractivity contribution < 1.29 is 13.6 Å². The van der Waals surface area contributed by atoms with E-state index in [1.165, 1.54) is 6.92 Å². The molecule has 0 aromatic carbocycles. The van der Waals surface area contributed by atoms with Crippen LogP contribution >= 0.6 is 0 Å². The number of rotatable bonds is 3. The molecule has 0 bridgehead atoms. The summed E-state index contributed by atoms with van der Waals surface area (Å²) in [6, 6.07) is -0.910. The molecule has 1 aliphatic carbocycles. The van der Waals surface area contributed by atoms with Crippen LogP contribution in [0.3, 0.4) is 0 Å². The largest absolute Gasteiger partial charge is 0.348 e. The number of carbonyl (C=O) groups excluding carboxylic acids is 1. The predicted octanol–water partition coefficient (Wildman–Crippen LogP) is 3.22. The Morgan fingerprint density at radius 3 is 1.80 bits per heavy atom. The van der Waals surface area contributed by atoms with Gasteiger partial charge in [0.05, 0.1) is 6.04 Å². The number of amides is 1. The van der Waals surface area contributed by atoms with Crippen LogP contribution in [0.2, 0.25) is 0 Å². The Labute approximate surface area is 91.4 Å². The third-order valence-corrected chi connectivity index (χ3v) is 1.77. The zero-order valence-corrected chi connectivity index (χ0v) is 10.3. The summed E-state index contributed by atoms with van der Waals surface area (Å²) >= 11 is 0. The second kappa shape index (κ2) is 9.87. The van der Waals surface area contributed by atoms with Crippen molar-refractivity contribution in [3.05, 3.63) is 0 Å². The highest BCUT2D eigenvalue weighted by atomic mass is 19.3. The van der Waals surface area contributed by atoms with Crippen LogP contribution in [0.15, 0.2) is 0 Å². The molecule has 2 nitrogen and oxygen atoms in total. The molecule has 1 saturated carbocycles. The van der Waals surface area contributed by atoms with Crippen molar-refractivity contribution in [3.8, 4) is 0 Å². The van der Waals surface area contributed by atoms with Crippen molar-refractivity contribution >= 4 is 5.91 Å². The van der Waals surface area contributed by atoms with E-state index in [1.807, 2.05) is 27.7 Å². The van der Waals surface area contributed by atoms with Crippen LogP contribution in [0.1, 0.15) is 47.5 Å². The molecule has 0 spiro atoms. The molecule has 0 aromatic rings. The quantitative estimate of drug-likeness (QED) is 0.782. The monoisotopic (exact) mass is 223 g/mol. The van der Waals surface area contributed by atoms with Crippen molar-refractivity contribution in [2.24, 2.45) is 5.92 Å². The van der Waals surface area contributed by atoms with Gasteiger partial charge in [-0.2, -0.15) is 0 Å². The van der Waals surface area contributed by atoms with Gasteiger partial charge in [0.1, 0.15) is 0 Å². The van der Waals surface area contributed by atoms with Gasteiger partial charge in [-0.3, -0.25) is 4.79 Å². The zero-order chi connectivity index (χ0) is 12.4. The lowest BCUT2D eigenvalue weighted by Crippen LogP contribution is -2.40. The van der Waals surface area contributed by atoms with Gasteiger partial charge in [0, 0.05) is 6.92 Å². The summed E-state index contributed by atoms with van der Waals surface area (Å²) in [5, 5.41) is 2.25. The summed E-state index contributed by atoms with van der Waals surface area (Å²) in [7, 11) is 0. The van der Waals surface area contributed by atoms with Crippen LogP contribution in [0.5, 0.6) is 0 Å². The lowest BCUT2D eigenvalue weighted by Gasteiger charge is -2.15. The van der Waals surface area contributed by atoms with Crippen molar-refractivity contribution in [1.29, 1.82) is 0 Å². The minimum Gasteiger partial charge on any atom is -0.348 e. The Morgan fingerprint density at radius 2 is 1.60 bits per heavy atom. The fourth-order valence-electron chi connectivity index (χ4n) is 1.08. The molecule has 1 rings (SSSR count). The van der Waals surface area contributed by atoms with E-state index in [0.717, 1.165) is 12.8 Å². The lowest BCUT2D eigenvalue weighted by molar-refractivity contribution is -0.121. The van der Waals surface area contributed by atoms with Gasteiger partial charge in [-0.25, -0.2) is 8.78 Å². The highest BCUT2D eigenvalue weighted by Crippen LogP contribution is 2.35. The summed E-state index contributed by atoms with van der Waals surface area (Å²) in [5.41, 5.74) is 0. The molecule has 0 heterocycles. The lowest BCUT2D eigenvalue weighted by atomic mass is 10.2. The van der Waals surface area contributed by atoms with Crippen molar-refractivity contribution in [1.82, 2.24) is 5.32 Å². The van der Waals surface area contributed by atoms with E-state index in [9.17, 15) is 13.6 Å². The van der Waals surface area contributed by atoms with Gasteiger partial charge in [0.15, 0.2) is 0 Å². The highest BCUT2D eigenvalue weighted by Gasteiger charge is 2.37. The summed E-state index contributed by atoms with van der Waals surface area (Å²) in [6.07, 6.45) is -0.795. The molecule has 92 valence electrons. The minimum absolute atomic E-state index is 0.0129. The summed E-state index contributed by atoms with van der Waals surface area (Å²) in [5.74, 6) is -0.360. The Balaban J connectivity index is 0. The van der Waals surface area contributed by atoms with Crippen LogP contribution in [-0.2, 0) is 4.79 Å². The van der Waals surface area contributed by atoms with Gasteiger partial charge >= 0.3 is 0 Å². The molecule has 1 unspecified atom stereocenters. The van der Waals surface area contributed by atoms with Crippen molar-refractivity contribution in [2.75, 3.05) is 0 Å². The Kier molecular flexibility index (Phi) is 11.0. The summed E-state index contributed by atoms with van der Waals surface area (Å²) in [4.78, 5) is 10.4. The van der Waals surface area contributed by atoms with Crippen molar-refractivity contribution in [2.45, 2.75) is 59.9 Å². The molecule has 1 N–H and O–H groups in total. The number of hydrogen-bond donors (Lipinski definition) is 1. The Hall–Kier alpha value is -0.670. The second-order valence-corrected chi connectivity index (χ2v) is 2.90.